The molecule has 0 radical (unpaired) electrons. The van der Waals surface area contributed by atoms with E-state index in [9.17, 15) is 0 Å². The fourth-order valence-electron chi connectivity index (χ4n) is 1.41. The summed E-state index contributed by atoms with van der Waals surface area (Å²) in [6.07, 6.45) is 7.16. The van der Waals surface area contributed by atoms with Gasteiger partial charge in [0.25, 0.3) is 0 Å². The summed E-state index contributed by atoms with van der Waals surface area (Å²) in [5, 5.41) is 3.26. The zero-order valence-electron chi connectivity index (χ0n) is 8.81. The summed E-state index contributed by atoms with van der Waals surface area (Å²) >= 11 is 1.71. The molecular formula is C12H14N2S. The molecule has 3 heteroatoms. The molecule has 0 aliphatic rings. The molecule has 2 rings (SSSR count). The summed E-state index contributed by atoms with van der Waals surface area (Å²) in [5.74, 6) is 0. The lowest BCUT2D eigenvalue weighted by molar-refractivity contribution is 0.781. The van der Waals surface area contributed by atoms with Gasteiger partial charge in [-0.15, -0.1) is 11.3 Å². The topological polar surface area (TPSA) is 25.8 Å². The lowest BCUT2D eigenvalue weighted by Gasteiger charge is -1.94. The maximum Gasteiger partial charge on any atom is 0.123 e. The Hall–Kier alpha value is -1.22. The van der Waals surface area contributed by atoms with Gasteiger partial charge < -0.3 is 0 Å². The number of hydrogen-bond acceptors (Lipinski definition) is 3. The van der Waals surface area contributed by atoms with Crippen LogP contribution in [0.3, 0.4) is 0 Å². The third-order valence-electron chi connectivity index (χ3n) is 2.27. The summed E-state index contributed by atoms with van der Waals surface area (Å²) in [6.45, 7) is 2.20. The predicted octanol–water partition coefficient (Wildman–Crippen LogP) is 3.55. The van der Waals surface area contributed by atoms with Crippen molar-refractivity contribution in [2.45, 2.75) is 26.2 Å². The number of unbranched alkanes of at least 4 members (excludes halogenated alkanes) is 1. The van der Waals surface area contributed by atoms with E-state index in [0.717, 1.165) is 17.0 Å². The van der Waals surface area contributed by atoms with Crippen LogP contribution in [0.2, 0.25) is 0 Å². The summed E-state index contributed by atoms with van der Waals surface area (Å²) in [7, 11) is 0. The second kappa shape index (κ2) is 5.03. The number of thiazole rings is 1. The van der Waals surface area contributed by atoms with Gasteiger partial charge in [-0.2, -0.15) is 0 Å². The predicted molar refractivity (Wildman–Crippen MR) is 64.0 cm³/mol. The molecule has 0 spiro atoms. The summed E-state index contributed by atoms with van der Waals surface area (Å²) in [6, 6.07) is 4.00. The van der Waals surface area contributed by atoms with Crippen LogP contribution in [0.4, 0.5) is 0 Å². The van der Waals surface area contributed by atoms with Crippen LogP contribution in [-0.4, -0.2) is 9.97 Å². The number of aromatic nitrogens is 2. The smallest absolute Gasteiger partial charge is 0.123 e. The molecule has 15 heavy (non-hydrogen) atoms. The average molecular weight is 218 g/mol. The normalized spacial score (nSPS) is 10.5. The van der Waals surface area contributed by atoms with Gasteiger partial charge in [-0.1, -0.05) is 13.3 Å². The maximum absolute atomic E-state index is 4.61. The summed E-state index contributed by atoms with van der Waals surface area (Å²) < 4.78 is 0. The van der Waals surface area contributed by atoms with Crippen molar-refractivity contribution in [3.8, 4) is 10.6 Å². The highest BCUT2D eigenvalue weighted by molar-refractivity contribution is 7.13. The van der Waals surface area contributed by atoms with Gasteiger partial charge in [-0.05, 0) is 25.0 Å². The highest BCUT2D eigenvalue weighted by Crippen LogP contribution is 2.23. The number of rotatable bonds is 4. The second-order valence-electron chi connectivity index (χ2n) is 3.48. The fourth-order valence-corrected chi connectivity index (χ4v) is 2.27. The van der Waals surface area contributed by atoms with Crippen LogP contribution in [0.1, 0.15) is 25.5 Å². The molecular weight excluding hydrogens is 204 g/mol. The van der Waals surface area contributed by atoms with Gasteiger partial charge in [0.05, 0.1) is 5.69 Å². The van der Waals surface area contributed by atoms with E-state index >= 15 is 0 Å². The van der Waals surface area contributed by atoms with Crippen molar-refractivity contribution < 1.29 is 0 Å². The van der Waals surface area contributed by atoms with Crippen LogP contribution in [0.15, 0.2) is 29.9 Å². The van der Waals surface area contributed by atoms with E-state index in [1.165, 1.54) is 18.5 Å². The van der Waals surface area contributed by atoms with E-state index in [-0.39, 0.29) is 0 Å². The van der Waals surface area contributed by atoms with Crippen LogP contribution >= 0.6 is 11.3 Å². The Balaban J connectivity index is 2.14. The molecule has 0 aliphatic carbocycles. The SMILES string of the molecule is CCCCc1csc(-c2ccncc2)n1. The zero-order chi connectivity index (χ0) is 10.5. The molecule has 2 heterocycles. The van der Waals surface area contributed by atoms with Crippen molar-refractivity contribution in [2.75, 3.05) is 0 Å². The second-order valence-corrected chi connectivity index (χ2v) is 4.34. The molecule has 0 aliphatic heterocycles. The molecule has 0 saturated heterocycles. The van der Waals surface area contributed by atoms with Crippen LogP contribution in [0.5, 0.6) is 0 Å². The zero-order valence-corrected chi connectivity index (χ0v) is 9.63. The van der Waals surface area contributed by atoms with Gasteiger partial charge in [0.15, 0.2) is 0 Å². The third kappa shape index (κ3) is 2.63. The van der Waals surface area contributed by atoms with Crippen LogP contribution in [0, 0.1) is 0 Å². The van der Waals surface area contributed by atoms with Crippen LogP contribution in [-0.2, 0) is 6.42 Å². The van der Waals surface area contributed by atoms with Crippen molar-refractivity contribution >= 4 is 11.3 Å². The Labute approximate surface area is 94.0 Å². The minimum absolute atomic E-state index is 1.10. The first kappa shape index (κ1) is 10.3. The Morgan fingerprint density at radius 3 is 2.80 bits per heavy atom. The van der Waals surface area contributed by atoms with Crippen molar-refractivity contribution in [3.63, 3.8) is 0 Å². The molecule has 0 unspecified atom stereocenters. The molecule has 78 valence electrons. The Morgan fingerprint density at radius 1 is 1.27 bits per heavy atom. The van der Waals surface area contributed by atoms with Crippen molar-refractivity contribution in [1.29, 1.82) is 0 Å². The van der Waals surface area contributed by atoms with Gasteiger partial charge in [0, 0.05) is 23.3 Å². The van der Waals surface area contributed by atoms with Gasteiger partial charge in [-0.25, -0.2) is 4.98 Å². The third-order valence-corrected chi connectivity index (χ3v) is 3.21. The van der Waals surface area contributed by atoms with Gasteiger partial charge in [0.2, 0.25) is 0 Å². The van der Waals surface area contributed by atoms with Crippen molar-refractivity contribution in [2.24, 2.45) is 0 Å². The van der Waals surface area contributed by atoms with E-state index in [1.807, 2.05) is 24.5 Å². The van der Waals surface area contributed by atoms with E-state index in [0.29, 0.717) is 0 Å². The van der Waals surface area contributed by atoms with E-state index < -0.39 is 0 Å². The first-order chi connectivity index (χ1) is 7.40. The molecule has 2 aromatic heterocycles. The summed E-state index contributed by atoms with van der Waals surface area (Å²) in [5.41, 5.74) is 2.38. The van der Waals surface area contributed by atoms with E-state index in [2.05, 4.69) is 22.3 Å². The van der Waals surface area contributed by atoms with Crippen molar-refractivity contribution in [1.82, 2.24) is 9.97 Å². The molecule has 0 saturated carbocycles. The van der Waals surface area contributed by atoms with Gasteiger partial charge in [-0.3, -0.25) is 4.98 Å². The molecule has 0 atom stereocenters. The minimum Gasteiger partial charge on any atom is -0.265 e. The molecule has 2 aromatic rings. The fraction of sp³-hybridized carbons (Fsp3) is 0.333. The Kier molecular flexibility index (Phi) is 3.45. The lowest BCUT2D eigenvalue weighted by atomic mass is 10.2. The first-order valence-electron chi connectivity index (χ1n) is 5.25. The lowest BCUT2D eigenvalue weighted by Crippen LogP contribution is -1.84. The van der Waals surface area contributed by atoms with Crippen LogP contribution in [0.25, 0.3) is 10.6 Å². The Morgan fingerprint density at radius 2 is 2.07 bits per heavy atom. The average Bonchev–Trinajstić information content (AvgIpc) is 2.76. The minimum atomic E-state index is 1.10. The van der Waals surface area contributed by atoms with E-state index in [4.69, 9.17) is 0 Å². The highest BCUT2D eigenvalue weighted by atomic mass is 32.1. The molecule has 2 nitrogen and oxygen atoms in total. The maximum atomic E-state index is 4.61. The highest BCUT2D eigenvalue weighted by Gasteiger charge is 2.03. The molecule has 0 fully saturated rings. The van der Waals surface area contributed by atoms with Crippen LogP contribution < -0.4 is 0 Å². The molecule has 0 aromatic carbocycles. The van der Waals surface area contributed by atoms with Gasteiger partial charge in [0.1, 0.15) is 5.01 Å². The van der Waals surface area contributed by atoms with Gasteiger partial charge >= 0.3 is 0 Å². The Bertz CT molecular complexity index is 409. The monoisotopic (exact) mass is 218 g/mol. The summed E-state index contributed by atoms with van der Waals surface area (Å²) in [4.78, 5) is 8.61. The molecule has 0 N–H and O–H groups in total. The van der Waals surface area contributed by atoms with Crippen molar-refractivity contribution in [3.05, 3.63) is 35.6 Å². The number of hydrogen-bond donors (Lipinski definition) is 0. The van der Waals surface area contributed by atoms with E-state index in [1.54, 1.807) is 11.3 Å². The molecule has 0 amide bonds. The molecule has 0 bridgehead atoms. The number of pyridine rings is 1. The standard InChI is InChI=1S/C12H14N2S/c1-2-3-4-11-9-15-12(14-11)10-5-7-13-8-6-10/h5-9H,2-4H2,1H3. The largest absolute Gasteiger partial charge is 0.265 e. The first-order valence-corrected chi connectivity index (χ1v) is 6.13. The number of nitrogens with zero attached hydrogens (tertiary/aromatic N) is 2. The number of aryl methyl sites for hydroxylation is 1. The quantitative estimate of drug-likeness (QED) is 0.784.